The second-order valence-electron chi connectivity index (χ2n) is 5.63. The van der Waals surface area contributed by atoms with Gasteiger partial charge in [0.25, 0.3) is 0 Å². The normalized spacial score (nSPS) is 12.8. The van der Waals surface area contributed by atoms with E-state index in [9.17, 15) is 9.18 Å². The van der Waals surface area contributed by atoms with Gasteiger partial charge in [0, 0.05) is 24.6 Å². The van der Waals surface area contributed by atoms with Crippen molar-refractivity contribution >= 4 is 6.03 Å². The van der Waals surface area contributed by atoms with Crippen LogP contribution in [0, 0.1) is 5.82 Å². The molecule has 0 radical (unpaired) electrons. The number of urea groups is 1. The standard InChI is InChI=1S/C15H23FN2O2/c1-11(8-9-19)18-14(20)17-10-15(2,3)12-4-6-13(16)7-5-12/h4-7,11,19H,8-10H2,1-3H3,(H2,17,18,20)/t11-/m1/s1. The highest BCUT2D eigenvalue weighted by molar-refractivity contribution is 5.74. The molecule has 1 aromatic rings. The maximum atomic E-state index is 12.9. The van der Waals surface area contributed by atoms with Gasteiger partial charge in [-0.25, -0.2) is 9.18 Å². The molecule has 0 saturated heterocycles. The number of hydrogen-bond donors (Lipinski definition) is 3. The summed E-state index contributed by atoms with van der Waals surface area (Å²) in [5.74, 6) is -0.270. The third-order valence-electron chi connectivity index (χ3n) is 3.26. The Kier molecular flexibility index (Phi) is 5.95. The molecule has 0 aromatic heterocycles. The van der Waals surface area contributed by atoms with Gasteiger partial charge in [-0.1, -0.05) is 26.0 Å². The van der Waals surface area contributed by atoms with Crippen LogP contribution in [0.1, 0.15) is 32.8 Å². The quantitative estimate of drug-likeness (QED) is 0.749. The number of carbonyl (C=O) groups is 1. The van der Waals surface area contributed by atoms with E-state index in [2.05, 4.69) is 10.6 Å². The van der Waals surface area contributed by atoms with E-state index in [4.69, 9.17) is 5.11 Å². The number of halogens is 1. The molecule has 4 nitrogen and oxygen atoms in total. The molecule has 0 aliphatic heterocycles. The molecular weight excluding hydrogens is 259 g/mol. The number of amides is 2. The zero-order valence-corrected chi connectivity index (χ0v) is 12.2. The molecule has 0 bridgehead atoms. The Balaban J connectivity index is 2.50. The lowest BCUT2D eigenvalue weighted by molar-refractivity contribution is 0.229. The van der Waals surface area contributed by atoms with Gasteiger partial charge in [-0.15, -0.1) is 0 Å². The summed E-state index contributed by atoms with van der Waals surface area (Å²) in [6.45, 7) is 6.29. The van der Waals surface area contributed by atoms with Crippen LogP contribution < -0.4 is 10.6 Å². The molecule has 112 valence electrons. The minimum Gasteiger partial charge on any atom is -0.396 e. The topological polar surface area (TPSA) is 61.4 Å². The van der Waals surface area contributed by atoms with Crippen LogP contribution in [-0.4, -0.2) is 30.3 Å². The molecule has 0 aliphatic rings. The fraction of sp³-hybridized carbons (Fsp3) is 0.533. The van der Waals surface area contributed by atoms with Crippen molar-refractivity contribution in [3.05, 3.63) is 35.6 Å². The van der Waals surface area contributed by atoms with Crippen molar-refractivity contribution in [2.45, 2.75) is 38.6 Å². The Morgan fingerprint density at radius 2 is 1.95 bits per heavy atom. The van der Waals surface area contributed by atoms with E-state index in [0.29, 0.717) is 13.0 Å². The van der Waals surface area contributed by atoms with Gasteiger partial charge in [0.2, 0.25) is 0 Å². The summed E-state index contributed by atoms with van der Waals surface area (Å²) in [6.07, 6.45) is 0.523. The number of aliphatic hydroxyl groups is 1. The molecule has 0 saturated carbocycles. The van der Waals surface area contributed by atoms with Crippen LogP contribution in [0.4, 0.5) is 9.18 Å². The first-order valence-electron chi connectivity index (χ1n) is 6.76. The molecule has 20 heavy (non-hydrogen) atoms. The molecule has 0 fully saturated rings. The summed E-state index contributed by atoms with van der Waals surface area (Å²) >= 11 is 0. The minimum atomic E-state index is -0.286. The molecule has 2 amide bonds. The molecule has 1 atom stereocenters. The van der Waals surface area contributed by atoms with Gasteiger partial charge in [-0.05, 0) is 31.0 Å². The van der Waals surface area contributed by atoms with Crippen molar-refractivity contribution < 1.29 is 14.3 Å². The van der Waals surface area contributed by atoms with E-state index in [1.165, 1.54) is 12.1 Å². The van der Waals surface area contributed by atoms with Gasteiger partial charge >= 0.3 is 6.03 Å². The predicted octanol–water partition coefficient (Wildman–Crippen LogP) is 2.17. The van der Waals surface area contributed by atoms with Crippen molar-refractivity contribution in [1.82, 2.24) is 10.6 Å². The molecule has 5 heteroatoms. The Hall–Kier alpha value is -1.62. The molecule has 0 aliphatic carbocycles. The number of carbonyl (C=O) groups excluding carboxylic acids is 1. The van der Waals surface area contributed by atoms with Crippen LogP contribution in [-0.2, 0) is 5.41 Å². The third kappa shape index (κ3) is 5.17. The molecule has 3 N–H and O–H groups in total. The number of benzene rings is 1. The Morgan fingerprint density at radius 1 is 1.35 bits per heavy atom. The monoisotopic (exact) mass is 282 g/mol. The van der Waals surface area contributed by atoms with Crippen LogP contribution in [0.25, 0.3) is 0 Å². The van der Waals surface area contributed by atoms with Gasteiger partial charge < -0.3 is 15.7 Å². The summed E-state index contributed by atoms with van der Waals surface area (Å²) in [7, 11) is 0. The maximum Gasteiger partial charge on any atom is 0.315 e. The summed E-state index contributed by atoms with van der Waals surface area (Å²) in [5.41, 5.74) is 0.674. The van der Waals surface area contributed by atoms with Gasteiger partial charge in [-0.2, -0.15) is 0 Å². The predicted molar refractivity (Wildman–Crippen MR) is 77.1 cm³/mol. The first-order chi connectivity index (χ1) is 9.35. The van der Waals surface area contributed by atoms with E-state index in [-0.39, 0.29) is 29.9 Å². The number of hydrogen-bond acceptors (Lipinski definition) is 2. The molecule has 1 rings (SSSR count). The summed E-state index contributed by atoms with van der Waals surface area (Å²) in [6, 6.07) is 5.95. The van der Waals surface area contributed by atoms with E-state index in [1.54, 1.807) is 12.1 Å². The third-order valence-corrected chi connectivity index (χ3v) is 3.26. The van der Waals surface area contributed by atoms with Crippen LogP contribution in [0.15, 0.2) is 24.3 Å². The van der Waals surface area contributed by atoms with Crippen molar-refractivity contribution in [3.63, 3.8) is 0 Å². The van der Waals surface area contributed by atoms with E-state index < -0.39 is 0 Å². The number of aliphatic hydroxyl groups excluding tert-OH is 1. The van der Waals surface area contributed by atoms with Crippen LogP contribution in [0.2, 0.25) is 0 Å². The van der Waals surface area contributed by atoms with Crippen LogP contribution in [0.3, 0.4) is 0 Å². The van der Waals surface area contributed by atoms with Gasteiger partial charge in [0.1, 0.15) is 5.82 Å². The fourth-order valence-electron chi connectivity index (χ4n) is 1.85. The highest BCUT2D eigenvalue weighted by Gasteiger charge is 2.21. The van der Waals surface area contributed by atoms with E-state index in [1.807, 2.05) is 20.8 Å². The molecule has 0 unspecified atom stereocenters. The molecule has 0 heterocycles. The Labute approximate surface area is 119 Å². The highest BCUT2D eigenvalue weighted by Crippen LogP contribution is 2.22. The van der Waals surface area contributed by atoms with Crippen LogP contribution in [0.5, 0.6) is 0 Å². The van der Waals surface area contributed by atoms with Crippen molar-refractivity contribution in [1.29, 1.82) is 0 Å². The lowest BCUT2D eigenvalue weighted by atomic mass is 9.84. The van der Waals surface area contributed by atoms with Gasteiger partial charge in [-0.3, -0.25) is 0 Å². The lowest BCUT2D eigenvalue weighted by Gasteiger charge is -2.26. The summed E-state index contributed by atoms with van der Waals surface area (Å²) < 4.78 is 12.9. The smallest absolute Gasteiger partial charge is 0.315 e. The molecule has 1 aromatic carbocycles. The van der Waals surface area contributed by atoms with Crippen molar-refractivity contribution in [2.24, 2.45) is 0 Å². The van der Waals surface area contributed by atoms with E-state index in [0.717, 1.165) is 5.56 Å². The average Bonchev–Trinajstić information content (AvgIpc) is 2.37. The molecular formula is C15H23FN2O2. The van der Waals surface area contributed by atoms with E-state index >= 15 is 0 Å². The first kappa shape index (κ1) is 16.4. The maximum absolute atomic E-state index is 12.9. The Bertz CT molecular complexity index is 432. The SMILES string of the molecule is C[C@H](CCO)NC(=O)NCC(C)(C)c1ccc(F)cc1. The summed E-state index contributed by atoms with van der Waals surface area (Å²) in [4.78, 5) is 11.7. The average molecular weight is 282 g/mol. The zero-order chi connectivity index (χ0) is 15.2. The second kappa shape index (κ2) is 7.24. The molecule has 0 spiro atoms. The lowest BCUT2D eigenvalue weighted by Crippen LogP contribution is -2.45. The largest absolute Gasteiger partial charge is 0.396 e. The highest BCUT2D eigenvalue weighted by atomic mass is 19.1. The zero-order valence-electron chi connectivity index (χ0n) is 12.2. The number of rotatable bonds is 6. The minimum absolute atomic E-state index is 0.0442. The first-order valence-corrected chi connectivity index (χ1v) is 6.76. The van der Waals surface area contributed by atoms with Gasteiger partial charge in [0.15, 0.2) is 0 Å². The Morgan fingerprint density at radius 3 is 2.50 bits per heavy atom. The second-order valence-corrected chi connectivity index (χ2v) is 5.63. The summed E-state index contributed by atoms with van der Waals surface area (Å²) in [5, 5.41) is 14.3. The van der Waals surface area contributed by atoms with Crippen molar-refractivity contribution in [3.8, 4) is 0 Å². The van der Waals surface area contributed by atoms with Gasteiger partial charge in [0.05, 0.1) is 0 Å². The number of nitrogens with one attached hydrogen (secondary N) is 2. The van der Waals surface area contributed by atoms with Crippen molar-refractivity contribution in [2.75, 3.05) is 13.2 Å². The fourth-order valence-corrected chi connectivity index (χ4v) is 1.85. The van der Waals surface area contributed by atoms with Crippen LogP contribution >= 0.6 is 0 Å².